The van der Waals surface area contributed by atoms with Crippen LogP contribution in [0.1, 0.15) is 13.3 Å². The van der Waals surface area contributed by atoms with Crippen molar-refractivity contribution in [2.75, 3.05) is 44.1 Å². The van der Waals surface area contributed by atoms with Crippen LogP contribution in [0.25, 0.3) is 0 Å². The molecule has 0 aromatic heterocycles. The van der Waals surface area contributed by atoms with Crippen LogP contribution in [0, 0.1) is 0 Å². The zero-order chi connectivity index (χ0) is 16.7. The number of nitrogens with zero attached hydrogens (tertiary/aromatic N) is 1. The fraction of sp³-hybridized carbons (Fsp3) is 0.562. The van der Waals surface area contributed by atoms with E-state index in [-0.39, 0.29) is 24.0 Å². The van der Waals surface area contributed by atoms with Crippen LogP contribution >= 0.6 is 35.7 Å². The lowest BCUT2D eigenvalue weighted by Crippen LogP contribution is -2.36. The SMILES string of the molecule is CCNC(=NCC1(O)CCSC1)Nc1ccc(OC)c(OC)c1.I. The summed E-state index contributed by atoms with van der Waals surface area (Å²) in [6, 6.07) is 5.59. The molecule has 24 heavy (non-hydrogen) atoms. The van der Waals surface area contributed by atoms with Gasteiger partial charge < -0.3 is 25.2 Å². The van der Waals surface area contributed by atoms with Crippen LogP contribution in [0.3, 0.4) is 0 Å². The fourth-order valence-corrected chi connectivity index (χ4v) is 3.59. The van der Waals surface area contributed by atoms with E-state index in [4.69, 9.17) is 9.47 Å². The molecular weight excluding hydrogens is 441 g/mol. The quantitative estimate of drug-likeness (QED) is 0.339. The van der Waals surface area contributed by atoms with Gasteiger partial charge in [-0.25, -0.2) is 4.99 Å². The van der Waals surface area contributed by atoms with Crippen molar-refractivity contribution in [2.24, 2.45) is 4.99 Å². The first-order valence-electron chi connectivity index (χ1n) is 7.67. The monoisotopic (exact) mass is 467 g/mol. The van der Waals surface area contributed by atoms with Crippen LogP contribution < -0.4 is 20.1 Å². The Bertz CT molecular complexity index is 551. The summed E-state index contributed by atoms with van der Waals surface area (Å²) in [5.74, 6) is 3.71. The molecule has 1 aliphatic rings. The highest BCUT2D eigenvalue weighted by Crippen LogP contribution is 2.30. The molecule has 0 bridgehead atoms. The number of thioether (sulfide) groups is 1. The van der Waals surface area contributed by atoms with Crippen molar-refractivity contribution in [3.8, 4) is 11.5 Å². The summed E-state index contributed by atoms with van der Waals surface area (Å²) in [5.41, 5.74) is 0.153. The molecule has 1 fully saturated rings. The third-order valence-corrected chi connectivity index (χ3v) is 4.84. The Balaban J connectivity index is 0.00000288. The van der Waals surface area contributed by atoms with E-state index in [2.05, 4.69) is 15.6 Å². The lowest BCUT2D eigenvalue weighted by Gasteiger charge is -2.20. The molecule has 6 nitrogen and oxygen atoms in total. The molecule has 1 atom stereocenters. The maximum atomic E-state index is 10.4. The molecule has 0 saturated carbocycles. The second-order valence-electron chi connectivity index (χ2n) is 5.42. The number of aliphatic imine (C=N–C) groups is 1. The number of guanidine groups is 1. The van der Waals surface area contributed by atoms with E-state index in [1.165, 1.54) is 0 Å². The lowest BCUT2D eigenvalue weighted by atomic mass is 10.1. The molecule has 136 valence electrons. The Morgan fingerprint density at radius 1 is 1.33 bits per heavy atom. The second-order valence-corrected chi connectivity index (χ2v) is 6.52. The summed E-state index contributed by atoms with van der Waals surface area (Å²) in [6.45, 7) is 3.14. The molecule has 0 spiro atoms. The molecule has 3 N–H and O–H groups in total. The minimum absolute atomic E-state index is 0. The molecule has 1 heterocycles. The van der Waals surface area contributed by atoms with Gasteiger partial charge in [-0.3, -0.25) is 0 Å². The number of rotatable bonds is 6. The summed E-state index contributed by atoms with van der Waals surface area (Å²) in [7, 11) is 3.21. The highest BCUT2D eigenvalue weighted by molar-refractivity contribution is 14.0. The van der Waals surface area contributed by atoms with E-state index < -0.39 is 5.60 Å². The number of hydrogen-bond donors (Lipinski definition) is 3. The molecule has 0 amide bonds. The van der Waals surface area contributed by atoms with Crippen molar-refractivity contribution in [3.63, 3.8) is 0 Å². The van der Waals surface area contributed by atoms with E-state index in [1.807, 2.05) is 25.1 Å². The molecule has 2 rings (SSSR count). The van der Waals surface area contributed by atoms with Gasteiger partial charge in [0.1, 0.15) is 0 Å². The predicted octanol–water partition coefficient (Wildman–Crippen LogP) is 2.57. The average Bonchev–Trinajstić information content (AvgIpc) is 3.00. The largest absolute Gasteiger partial charge is 0.493 e. The number of methoxy groups -OCH3 is 2. The minimum atomic E-state index is -0.690. The average molecular weight is 467 g/mol. The Labute approximate surface area is 164 Å². The first kappa shape index (κ1) is 21.2. The number of hydrogen-bond acceptors (Lipinski definition) is 5. The molecule has 1 aromatic rings. The van der Waals surface area contributed by atoms with E-state index >= 15 is 0 Å². The van der Waals surface area contributed by atoms with E-state index in [0.29, 0.717) is 24.0 Å². The Hall–Kier alpha value is -0.870. The standard InChI is InChI=1S/C16H25N3O3S.HI/c1-4-17-15(18-10-16(20)7-8-23-11-16)19-12-5-6-13(21-2)14(9-12)22-3;/h5-6,9,20H,4,7-8,10-11H2,1-3H3,(H2,17,18,19);1H. The van der Waals surface area contributed by atoms with Gasteiger partial charge >= 0.3 is 0 Å². The van der Waals surface area contributed by atoms with Crippen molar-refractivity contribution in [2.45, 2.75) is 18.9 Å². The zero-order valence-electron chi connectivity index (χ0n) is 14.3. The van der Waals surface area contributed by atoms with Gasteiger partial charge in [0.05, 0.1) is 26.4 Å². The normalized spacial score (nSPS) is 20.2. The summed E-state index contributed by atoms with van der Waals surface area (Å²) < 4.78 is 10.5. The van der Waals surface area contributed by atoms with Crippen LogP contribution in [0.4, 0.5) is 5.69 Å². The van der Waals surface area contributed by atoms with Crippen LogP contribution in [0.5, 0.6) is 11.5 Å². The van der Waals surface area contributed by atoms with Gasteiger partial charge in [0.2, 0.25) is 0 Å². The highest BCUT2D eigenvalue weighted by Gasteiger charge is 2.31. The van der Waals surface area contributed by atoms with Crippen LogP contribution in [0.15, 0.2) is 23.2 Å². The number of halogens is 1. The number of anilines is 1. The Morgan fingerprint density at radius 2 is 2.08 bits per heavy atom. The zero-order valence-corrected chi connectivity index (χ0v) is 17.4. The van der Waals surface area contributed by atoms with Crippen molar-refractivity contribution in [1.29, 1.82) is 0 Å². The molecular formula is C16H26IN3O3S. The first-order valence-corrected chi connectivity index (χ1v) is 8.83. The number of aliphatic hydroxyl groups is 1. The summed E-state index contributed by atoms with van der Waals surface area (Å²) in [6.07, 6.45) is 0.789. The molecule has 0 radical (unpaired) electrons. The van der Waals surface area contributed by atoms with Gasteiger partial charge in [0.25, 0.3) is 0 Å². The smallest absolute Gasteiger partial charge is 0.195 e. The van der Waals surface area contributed by atoms with Crippen molar-refractivity contribution in [3.05, 3.63) is 18.2 Å². The maximum Gasteiger partial charge on any atom is 0.195 e. The van der Waals surface area contributed by atoms with E-state index in [9.17, 15) is 5.11 Å². The van der Waals surface area contributed by atoms with Crippen molar-refractivity contribution in [1.82, 2.24) is 5.32 Å². The molecule has 1 aromatic carbocycles. The van der Waals surface area contributed by atoms with Crippen molar-refractivity contribution >= 4 is 47.4 Å². The predicted molar refractivity (Wildman–Crippen MR) is 111 cm³/mol. The van der Waals surface area contributed by atoms with Crippen LogP contribution in [0.2, 0.25) is 0 Å². The van der Waals surface area contributed by atoms with Crippen LogP contribution in [-0.4, -0.2) is 55.5 Å². The van der Waals surface area contributed by atoms with Gasteiger partial charge in [-0.05, 0) is 31.2 Å². The first-order chi connectivity index (χ1) is 11.1. The lowest BCUT2D eigenvalue weighted by molar-refractivity contribution is 0.0779. The molecule has 1 saturated heterocycles. The Kier molecular flexibility index (Phi) is 8.99. The third-order valence-electron chi connectivity index (χ3n) is 3.60. The number of ether oxygens (including phenoxy) is 2. The van der Waals surface area contributed by atoms with E-state index in [0.717, 1.165) is 30.2 Å². The molecule has 8 heteroatoms. The number of nitrogens with one attached hydrogen (secondary N) is 2. The van der Waals surface area contributed by atoms with Gasteiger partial charge in [-0.2, -0.15) is 11.8 Å². The minimum Gasteiger partial charge on any atom is -0.493 e. The summed E-state index contributed by atoms with van der Waals surface area (Å²) in [4.78, 5) is 4.52. The van der Waals surface area contributed by atoms with Crippen LogP contribution in [-0.2, 0) is 0 Å². The highest BCUT2D eigenvalue weighted by atomic mass is 127. The summed E-state index contributed by atoms with van der Waals surface area (Å²) >= 11 is 1.77. The van der Waals surface area contributed by atoms with Gasteiger partial charge in [0, 0.05) is 24.1 Å². The van der Waals surface area contributed by atoms with Crippen molar-refractivity contribution < 1.29 is 14.6 Å². The molecule has 1 aliphatic heterocycles. The topological polar surface area (TPSA) is 75.1 Å². The second kappa shape index (κ2) is 10.2. The summed E-state index contributed by atoms with van der Waals surface area (Å²) in [5, 5.41) is 16.8. The van der Waals surface area contributed by atoms with Gasteiger partial charge in [0.15, 0.2) is 17.5 Å². The molecule has 0 aliphatic carbocycles. The Morgan fingerprint density at radius 3 is 2.67 bits per heavy atom. The van der Waals surface area contributed by atoms with Gasteiger partial charge in [-0.1, -0.05) is 0 Å². The molecule has 1 unspecified atom stereocenters. The fourth-order valence-electron chi connectivity index (χ4n) is 2.31. The number of benzene rings is 1. The maximum absolute atomic E-state index is 10.4. The van der Waals surface area contributed by atoms with Gasteiger partial charge in [-0.15, -0.1) is 24.0 Å². The van der Waals surface area contributed by atoms with E-state index in [1.54, 1.807) is 26.0 Å². The third kappa shape index (κ3) is 5.89.